The summed E-state index contributed by atoms with van der Waals surface area (Å²) < 4.78 is 0. The molecule has 0 spiro atoms. The molecule has 1 aliphatic heterocycles. The third-order valence-electron chi connectivity index (χ3n) is 4.65. The average Bonchev–Trinajstić information content (AvgIpc) is 3.22. The number of benzene rings is 2. The van der Waals surface area contributed by atoms with Crippen molar-refractivity contribution in [1.82, 2.24) is 4.98 Å². The van der Waals surface area contributed by atoms with Crippen LogP contribution in [-0.2, 0) is 0 Å². The topological polar surface area (TPSA) is 28.5 Å². The third kappa shape index (κ3) is 3.10. The highest BCUT2D eigenvalue weighted by Crippen LogP contribution is 2.39. The summed E-state index contributed by atoms with van der Waals surface area (Å²) >= 11 is 1.66. The number of hydrogen-bond donors (Lipinski definition) is 0. The fourth-order valence-corrected chi connectivity index (χ4v) is 4.06. The lowest BCUT2D eigenvalue weighted by Crippen LogP contribution is -2.19. The van der Waals surface area contributed by atoms with Gasteiger partial charge in [0.2, 0.25) is 5.13 Å². The van der Waals surface area contributed by atoms with Gasteiger partial charge in [-0.15, -0.1) is 11.3 Å². The molecule has 0 unspecified atom stereocenters. The van der Waals surface area contributed by atoms with Crippen LogP contribution in [0.4, 0.5) is 5.13 Å². The van der Waals surface area contributed by atoms with Crippen LogP contribution in [-0.4, -0.2) is 10.7 Å². The van der Waals surface area contributed by atoms with Crippen molar-refractivity contribution in [3.8, 4) is 0 Å². The Morgan fingerprint density at radius 1 is 1.00 bits per heavy atom. The minimum absolute atomic E-state index is 0.197. The van der Waals surface area contributed by atoms with Crippen LogP contribution in [0.3, 0.4) is 0 Å². The molecule has 0 saturated heterocycles. The quantitative estimate of drug-likeness (QED) is 0.632. The summed E-state index contributed by atoms with van der Waals surface area (Å²) in [5.41, 5.74) is 7.25. The first-order valence-corrected chi connectivity index (χ1v) is 9.41. The Morgan fingerprint density at radius 3 is 2.44 bits per heavy atom. The standard InChI is InChI=1S/C21H21N3S/c1-14-8-10-17(11-9-14)19-12-20(18-7-5-4-6-15(18)2)24(23-19)21-22-16(3)13-25-21/h4-11,13,20H,12H2,1-3H3/t20-/m1/s1. The maximum atomic E-state index is 4.97. The minimum Gasteiger partial charge on any atom is -0.231 e. The Morgan fingerprint density at radius 2 is 1.76 bits per heavy atom. The highest BCUT2D eigenvalue weighted by Gasteiger charge is 2.32. The van der Waals surface area contributed by atoms with E-state index in [0.717, 1.165) is 23.0 Å². The van der Waals surface area contributed by atoms with Gasteiger partial charge in [-0.05, 0) is 37.5 Å². The fraction of sp³-hybridized carbons (Fsp3) is 0.238. The van der Waals surface area contributed by atoms with Crippen molar-refractivity contribution >= 4 is 22.2 Å². The number of thiazole rings is 1. The molecule has 0 aliphatic carbocycles. The zero-order chi connectivity index (χ0) is 17.4. The molecule has 2 heterocycles. The zero-order valence-corrected chi connectivity index (χ0v) is 15.5. The molecule has 0 N–H and O–H groups in total. The number of hydrazone groups is 1. The molecule has 0 fully saturated rings. The van der Waals surface area contributed by atoms with Crippen molar-refractivity contribution in [2.75, 3.05) is 5.01 Å². The van der Waals surface area contributed by atoms with E-state index in [1.54, 1.807) is 11.3 Å². The molecule has 126 valence electrons. The van der Waals surface area contributed by atoms with E-state index in [1.165, 1.54) is 22.3 Å². The van der Waals surface area contributed by atoms with Gasteiger partial charge in [0.05, 0.1) is 17.4 Å². The molecular weight excluding hydrogens is 326 g/mol. The Balaban J connectivity index is 1.76. The number of rotatable bonds is 3. The Labute approximate surface area is 152 Å². The summed E-state index contributed by atoms with van der Waals surface area (Å²) in [5, 5.41) is 10.1. The van der Waals surface area contributed by atoms with Crippen LogP contribution in [0.1, 0.15) is 40.4 Å². The van der Waals surface area contributed by atoms with Gasteiger partial charge in [-0.25, -0.2) is 9.99 Å². The number of hydrogen-bond acceptors (Lipinski definition) is 4. The molecular formula is C21H21N3S. The molecule has 0 saturated carbocycles. The first-order valence-electron chi connectivity index (χ1n) is 8.53. The van der Waals surface area contributed by atoms with E-state index in [-0.39, 0.29) is 6.04 Å². The fourth-order valence-electron chi connectivity index (χ4n) is 3.26. The van der Waals surface area contributed by atoms with Crippen LogP contribution in [0.15, 0.2) is 59.0 Å². The van der Waals surface area contributed by atoms with E-state index in [1.807, 2.05) is 6.92 Å². The van der Waals surface area contributed by atoms with E-state index >= 15 is 0 Å². The largest absolute Gasteiger partial charge is 0.231 e. The van der Waals surface area contributed by atoms with Crippen molar-refractivity contribution < 1.29 is 0 Å². The van der Waals surface area contributed by atoms with E-state index in [9.17, 15) is 0 Å². The summed E-state index contributed by atoms with van der Waals surface area (Å²) in [4.78, 5) is 4.68. The second kappa shape index (κ2) is 6.45. The lowest BCUT2D eigenvalue weighted by molar-refractivity contribution is 0.701. The van der Waals surface area contributed by atoms with Crippen LogP contribution >= 0.6 is 11.3 Å². The summed E-state index contributed by atoms with van der Waals surface area (Å²) in [7, 11) is 0. The smallest absolute Gasteiger partial charge is 0.206 e. The van der Waals surface area contributed by atoms with Crippen molar-refractivity contribution in [3.63, 3.8) is 0 Å². The van der Waals surface area contributed by atoms with Gasteiger partial charge >= 0.3 is 0 Å². The Kier molecular flexibility index (Phi) is 4.14. The average molecular weight is 347 g/mol. The second-order valence-electron chi connectivity index (χ2n) is 6.61. The van der Waals surface area contributed by atoms with Crippen LogP contribution < -0.4 is 5.01 Å². The molecule has 3 nitrogen and oxygen atoms in total. The summed E-state index contributed by atoms with van der Waals surface area (Å²) in [6.07, 6.45) is 0.895. The van der Waals surface area contributed by atoms with E-state index in [2.05, 4.69) is 77.8 Å². The Bertz CT molecular complexity index is 924. The lowest BCUT2D eigenvalue weighted by atomic mass is 9.95. The predicted molar refractivity (Wildman–Crippen MR) is 106 cm³/mol. The van der Waals surface area contributed by atoms with Crippen molar-refractivity contribution in [3.05, 3.63) is 81.9 Å². The van der Waals surface area contributed by atoms with Crippen LogP contribution in [0, 0.1) is 20.8 Å². The summed E-state index contributed by atoms with van der Waals surface area (Å²) in [5.74, 6) is 0. The first-order chi connectivity index (χ1) is 12.1. The van der Waals surface area contributed by atoms with Gasteiger partial charge in [-0.2, -0.15) is 5.10 Å². The number of aryl methyl sites for hydroxylation is 3. The second-order valence-corrected chi connectivity index (χ2v) is 7.44. The molecule has 1 aromatic heterocycles. The van der Waals surface area contributed by atoms with Crippen molar-refractivity contribution in [1.29, 1.82) is 0 Å². The van der Waals surface area contributed by atoms with Gasteiger partial charge in [0, 0.05) is 11.8 Å². The molecule has 0 radical (unpaired) electrons. The molecule has 0 bridgehead atoms. The molecule has 1 aliphatic rings. The van der Waals surface area contributed by atoms with Crippen LogP contribution in [0.5, 0.6) is 0 Å². The number of aromatic nitrogens is 1. The Hall–Kier alpha value is -2.46. The SMILES string of the molecule is Cc1ccc(C2=NN(c3nc(C)cs3)[C@@H](c3ccccc3C)C2)cc1. The van der Waals surface area contributed by atoms with Crippen molar-refractivity contribution in [2.24, 2.45) is 5.10 Å². The summed E-state index contributed by atoms with van der Waals surface area (Å²) in [6, 6.07) is 17.4. The van der Waals surface area contributed by atoms with E-state index in [4.69, 9.17) is 5.10 Å². The maximum absolute atomic E-state index is 4.97. The molecule has 3 aromatic rings. The molecule has 2 aromatic carbocycles. The first kappa shape index (κ1) is 16.0. The zero-order valence-electron chi connectivity index (χ0n) is 14.7. The normalized spacial score (nSPS) is 17.0. The van der Waals surface area contributed by atoms with Gasteiger partial charge in [0.15, 0.2) is 0 Å². The number of nitrogens with zero attached hydrogens (tertiary/aromatic N) is 3. The monoisotopic (exact) mass is 347 g/mol. The van der Waals surface area contributed by atoms with E-state index in [0.29, 0.717) is 0 Å². The minimum atomic E-state index is 0.197. The van der Waals surface area contributed by atoms with Crippen LogP contribution in [0.2, 0.25) is 0 Å². The highest BCUT2D eigenvalue weighted by atomic mass is 32.1. The molecule has 25 heavy (non-hydrogen) atoms. The van der Waals surface area contributed by atoms with Gasteiger partial charge in [-0.1, -0.05) is 54.1 Å². The molecule has 1 atom stereocenters. The van der Waals surface area contributed by atoms with Gasteiger partial charge in [0.1, 0.15) is 0 Å². The molecule has 0 amide bonds. The highest BCUT2D eigenvalue weighted by molar-refractivity contribution is 7.13. The summed E-state index contributed by atoms with van der Waals surface area (Å²) in [6.45, 7) is 6.31. The third-order valence-corrected chi connectivity index (χ3v) is 5.59. The van der Waals surface area contributed by atoms with Crippen molar-refractivity contribution in [2.45, 2.75) is 33.2 Å². The van der Waals surface area contributed by atoms with Gasteiger partial charge in [0.25, 0.3) is 0 Å². The maximum Gasteiger partial charge on any atom is 0.206 e. The molecule has 4 rings (SSSR count). The van der Waals surface area contributed by atoms with Gasteiger partial charge in [-0.3, -0.25) is 0 Å². The lowest BCUT2D eigenvalue weighted by Gasteiger charge is -2.22. The van der Waals surface area contributed by atoms with E-state index < -0.39 is 0 Å². The predicted octanol–water partition coefficient (Wildman–Crippen LogP) is 5.42. The van der Waals surface area contributed by atoms with Gasteiger partial charge < -0.3 is 0 Å². The number of anilines is 1. The molecule has 4 heteroatoms. The van der Waals surface area contributed by atoms with Crippen LogP contribution in [0.25, 0.3) is 0 Å².